The molecule has 0 atom stereocenters. The Kier molecular flexibility index (Phi) is 4.65. The maximum atomic E-state index is 12.8. The van der Waals surface area contributed by atoms with E-state index in [0.29, 0.717) is 13.2 Å². The highest BCUT2D eigenvalue weighted by Crippen LogP contribution is 1.91. The first-order valence-corrected chi connectivity index (χ1v) is 4.75. The van der Waals surface area contributed by atoms with Crippen molar-refractivity contribution in [1.29, 1.82) is 0 Å². The van der Waals surface area contributed by atoms with E-state index in [1.807, 2.05) is 0 Å². The second kappa shape index (κ2) is 6.02. The molecule has 1 amide bonds. The van der Waals surface area contributed by atoms with Gasteiger partial charge < -0.3 is 14.6 Å². The highest BCUT2D eigenvalue weighted by Gasteiger charge is 2.04. The Morgan fingerprint density at radius 1 is 1.56 bits per heavy atom. The van der Waals surface area contributed by atoms with Crippen LogP contribution in [0.3, 0.4) is 0 Å². The van der Waals surface area contributed by atoms with Gasteiger partial charge in [0, 0.05) is 25.9 Å². The fraction of sp³-hybridized carbons (Fsp3) is 0.400. The summed E-state index contributed by atoms with van der Waals surface area (Å²) in [4.78, 5) is 22.5. The molecule has 0 bridgehead atoms. The van der Waals surface area contributed by atoms with E-state index in [1.165, 1.54) is 7.11 Å². The Labute approximate surface area is 91.8 Å². The molecule has 16 heavy (non-hydrogen) atoms. The van der Waals surface area contributed by atoms with Gasteiger partial charge in [-0.25, -0.2) is 4.39 Å². The number of aromatic nitrogens is 1. The fourth-order valence-electron chi connectivity index (χ4n) is 1.13. The van der Waals surface area contributed by atoms with Gasteiger partial charge in [0.25, 0.3) is 5.56 Å². The number of halogens is 1. The first kappa shape index (κ1) is 12.4. The van der Waals surface area contributed by atoms with E-state index in [-0.39, 0.29) is 12.5 Å². The van der Waals surface area contributed by atoms with Crippen molar-refractivity contribution in [3.05, 3.63) is 34.5 Å². The number of pyridine rings is 1. The minimum atomic E-state index is -0.552. The van der Waals surface area contributed by atoms with Gasteiger partial charge in [-0.05, 0) is 6.07 Å². The number of nitrogens with zero attached hydrogens (tertiary/aromatic N) is 1. The van der Waals surface area contributed by atoms with Gasteiger partial charge in [-0.15, -0.1) is 0 Å². The number of hydrogen-bond acceptors (Lipinski definition) is 3. The van der Waals surface area contributed by atoms with Crippen LogP contribution in [0.25, 0.3) is 0 Å². The van der Waals surface area contributed by atoms with E-state index in [2.05, 4.69) is 5.32 Å². The van der Waals surface area contributed by atoms with Crippen molar-refractivity contribution in [2.45, 2.75) is 6.54 Å². The third kappa shape index (κ3) is 3.82. The zero-order valence-electron chi connectivity index (χ0n) is 8.90. The van der Waals surface area contributed by atoms with E-state index in [4.69, 9.17) is 4.74 Å². The third-order valence-corrected chi connectivity index (χ3v) is 1.89. The standard InChI is InChI=1S/C10H13FN2O3/c1-16-5-4-12-9(14)7-13-6-8(11)2-3-10(13)15/h2-3,6H,4-5,7H2,1H3,(H,12,14). The number of methoxy groups -OCH3 is 1. The van der Waals surface area contributed by atoms with Crippen LogP contribution in [0.15, 0.2) is 23.1 Å². The van der Waals surface area contributed by atoms with Gasteiger partial charge in [0.2, 0.25) is 5.91 Å². The number of amides is 1. The number of carbonyl (C=O) groups excluding carboxylic acids is 1. The summed E-state index contributed by atoms with van der Waals surface area (Å²) in [6.07, 6.45) is 0.998. The predicted octanol–water partition coefficient (Wildman–Crippen LogP) is -0.250. The molecule has 88 valence electrons. The number of nitrogens with one attached hydrogen (secondary N) is 1. The van der Waals surface area contributed by atoms with Crippen LogP contribution in [0.1, 0.15) is 0 Å². The molecule has 0 aliphatic heterocycles. The van der Waals surface area contributed by atoms with Crippen LogP contribution < -0.4 is 10.9 Å². The van der Waals surface area contributed by atoms with Gasteiger partial charge in [0.15, 0.2) is 0 Å². The van der Waals surface area contributed by atoms with E-state index in [0.717, 1.165) is 22.9 Å². The summed E-state index contributed by atoms with van der Waals surface area (Å²) >= 11 is 0. The Hall–Kier alpha value is -1.69. The van der Waals surface area contributed by atoms with Crippen LogP contribution in [0.2, 0.25) is 0 Å². The number of ether oxygens (including phenoxy) is 1. The van der Waals surface area contributed by atoms with Crippen molar-refractivity contribution < 1.29 is 13.9 Å². The Morgan fingerprint density at radius 3 is 3.00 bits per heavy atom. The lowest BCUT2D eigenvalue weighted by Crippen LogP contribution is -2.33. The molecule has 0 aromatic carbocycles. The highest BCUT2D eigenvalue weighted by molar-refractivity contribution is 5.75. The summed E-state index contributed by atoms with van der Waals surface area (Å²) in [6.45, 7) is 0.559. The molecular formula is C10H13FN2O3. The van der Waals surface area contributed by atoms with Crippen LogP contribution in [0.4, 0.5) is 4.39 Å². The number of hydrogen-bond donors (Lipinski definition) is 1. The largest absolute Gasteiger partial charge is 0.383 e. The summed E-state index contributed by atoms with van der Waals surface area (Å²) < 4.78 is 18.5. The summed E-state index contributed by atoms with van der Waals surface area (Å²) in [5.41, 5.74) is -0.414. The molecule has 1 aromatic heterocycles. The van der Waals surface area contributed by atoms with Gasteiger partial charge in [0.1, 0.15) is 12.4 Å². The minimum Gasteiger partial charge on any atom is -0.383 e. The summed E-state index contributed by atoms with van der Waals surface area (Å²) in [6, 6.07) is 2.14. The zero-order valence-corrected chi connectivity index (χ0v) is 8.90. The average molecular weight is 228 g/mol. The molecule has 1 aromatic rings. The van der Waals surface area contributed by atoms with Crippen molar-refractivity contribution >= 4 is 5.91 Å². The van der Waals surface area contributed by atoms with Gasteiger partial charge >= 0.3 is 0 Å². The Morgan fingerprint density at radius 2 is 2.31 bits per heavy atom. The lowest BCUT2D eigenvalue weighted by Gasteiger charge is -2.06. The SMILES string of the molecule is COCCNC(=O)Cn1cc(F)ccc1=O. The van der Waals surface area contributed by atoms with Crippen molar-refractivity contribution in [3.8, 4) is 0 Å². The molecule has 0 aliphatic rings. The maximum Gasteiger partial charge on any atom is 0.251 e. The quantitative estimate of drug-likeness (QED) is 0.707. The molecule has 0 aliphatic carbocycles. The molecule has 0 fully saturated rings. The molecule has 1 heterocycles. The van der Waals surface area contributed by atoms with E-state index < -0.39 is 11.4 Å². The van der Waals surface area contributed by atoms with Crippen LogP contribution in [0, 0.1) is 5.82 Å². The molecule has 0 spiro atoms. The monoisotopic (exact) mass is 228 g/mol. The normalized spacial score (nSPS) is 10.1. The predicted molar refractivity (Wildman–Crippen MR) is 55.5 cm³/mol. The molecule has 0 saturated carbocycles. The molecule has 0 saturated heterocycles. The third-order valence-electron chi connectivity index (χ3n) is 1.89. The molecule has 5 nitrogen and oxygen atoms in total. The number of rotatable bonds is 5. The molecule has 1 rings (SSSR count). The van der Waals surface area contributed by atoms with Crippen molar-refractivity contribution in [2.24, 2.45) is 0 Å². The minimum absolute atomic E-state index is 0.194. The summed E-state index contributed by atoms with van der Waals surface area (Å²) in [5, 5.41) is 2.53. The second-order valence-corrected chi connectivity index (χ2v) is 3.16. The van der Waals surface area contributed by atoms with Crippen LogP contribution in [-0.2, 0) is 16.1 Å². The van der Waals surface area contributed by atoms with Crippen molar-refractivity contribution in [1.82, 2.24) is 9.88 Å². The van der Waals surface area contributed by atoms with Crippen LogP contribution in [-0.4, -0.2) is 30.7 Å². The highest BCUT2D eigenvalue weighted by atomic mass is 19.1. The van der Waals surface area contributed by atoms with E-state index in [9.17, 15) is 14.0 Å². The summed E-state index contributed by atoms with van der Waals surface area (Å²) in [7, 11) is 1.52. The molecular weight excluding hydrogens is 215 g/mol. The average Bonchev–Trinajstić information content (AvgIpc) is 2.24. The zero-order chi connectivity index (χ0) is 12.0. The van der Waals surface area contributed by atoms with E-state index in [1.54, 1.807) is 0 Å². The Bertz CT molecular complexity index is 417. The molecule has 1 N–H and O–H groups in total. The smallest absolute Gasteiger partial charge is 0.251 e. The van der Waals surface area contributed by atoms with Crippen molar-refractivity contribution in [2.75, 3.05) is 20.3 Å². The van der Waals surface area contributed by atoms with Crippen LogP contribution >= 0.6 is 0 Å². The molecule has 0 unspecified atom stereocenters. The van der Waals surface area contributed by atoms with Gasteiger partial charge in [-0.2, -0.15) is 0 Å². The lowest BCUT2D eigenvalue weighted by atomic mass is 10.4. The van der Waals surface area contributed by atoms with Gasteiger partial charge in [-0.1, -0.05) is 0 Å². The van der Waals surface area contributed by atoms with Gasteiger partial charge in [-0.3, -0.25) is 9.59 Å². The van der Waals surface area contributed by atoms with Gasteiger partial charge in [0.05, 0.1) is 6.61 Å². The number of carbonyl (C=O) groups is 1. The maximum absolute atomic E-state index is 12.8. The topological polar surface area (TPSA) is 60.3 Å². The van der Waals surface area contributed by atoms with Crippen molar-refractivity contribution in [3.63, 3.8) is 0 Å². The first-order chi connectivity index (χ1) is 7.63. The first-order valence-electron chi connectivity index (χ1n) is 4.75. The van der Waals surface area contributed by atoms with E-state index >= 15 is 0 Å². The summed E-state index contributed by atoms with van der Waals surface area (Å²) in [5.74, 6) is -0.908. The molecule has 0 radical (unpaired) electrons. The van der Waals surface area contributed by atoms with Crippen LogP contribution in [0.5, 0.6) is 0 Å². The molecule has 6 heteroatoms. The Balaban J connectivity index is 2.56. The second-order valence-electron chi connectivity index (χ2n) is 3.16. The fourth-order valence-corrected chi connectivity index (χ4v) is 1.13. The lowest BCUT2D eigenvalue weighted by molar-refractivity contribution is -0.121.